The monoisotopic (exact) mass is 351 g/mol. The van der Waals surface area contributed by atoms with E-state index in [0.717, 1.165) is 16.8 Å². The first-order valence-electron chi connectivity index (χ1n) is 8.74. The van der Waals surface area contributed by atoms with Gasteiger partial charge in [0.1, 0.15) is 0 Å². The maximum Gasteiger partial charge on any atom is 0.272 e. The van der Waals surface area contributed by atoms with E-state index in [9.17, 15) is 9.59 Å². The lowest BCUT2D eigenvalue weighted by molar-refractivity contribution is -0.138. The maximum absolute atomic E-state index is 12.9. The highest BCUT2D eigenvalue weighted by Crippen LogP contribution is 2.28. The minimum absolute atomic E-state index is 0.0208. The average Bonchev–Trinajstić information content (AvgIpc) is 2.91. The van der Waals surface area contributed by atoms with E-state index in [2.05, 4.69) is 15.3 Å². The molecule has 4 rings (SSSR count). The molecule has 26 heavy (non-hydrogen) atoms. The SMILES string of the molecule is Cc1cc(C)n(C2CN(C(=O)C(C)c3n[nH]c(=O)c4ccccc34)C2)n1. The normalized spacial score (nSPS) is 15.9. The molecular weight excluding hydrogens is 330 g/mol. The fourth-order valence-electron chi connectivity index (χ4n) is 3.66. The van der Waals surface area contributed by atoms with Gasteiger partial charge in [-0.25, -0.2) is 5.10 Å². The number of likely N-dealkylation sites (tertiary alicyclic amines) is 1. The lowest BCUT2D eigenvalue weighted by Gasteiger charge is -2.41. The number of carbonyl (C=O) groups excluding carboxylic acids is 1. The van der Waals surface area contributed by atoms with E-state index >= 15 is 0 Å². The van der Waals surface area contributed by atoms with Gasteiger partial charge in [0.25, 0.3) is 5.56 Å². The van der Waals surface area contributed by atoms with Crippen molar-refractivity contribution in [2.75, 3.05) is 13.1 Å². The fraction of sp³-hybridized carbons (Fsp3) is 0.368. The summed E-state index contributed by atoms with van der Waals surface area (Å²) in [6, 6.07) is 9.52. The summed E-state index contributed by atoms with van der Waals surface area (Å²) in [5.41, 5.74) is 2.47. The van der Waals surface area contributed by atoms with Gasteiger partial charge in [0.2, 0.25) is 5.91 Å². The standard InChI is InChI=1S/C19H21N5O2/c1-11-8-12(2)24(22-11)14-9-23(10-14)19(26)13(3)17-15-6-4-5-7-16(15)18(25)21-20-17/h4-8,13-14H,9-10H2,1-3H3,(H,21,25). The van der Waals surface area contributed by atoms with E-state index in [4.69, 9.17) is 0 Å². The van der Waals surface area contributed by atoms with Crippen LogP contribution < -0.4 is 5.56 Å². The molecule has 0 radical (unpaired) electrons. The van der Waals surface area contributed by atoms with Gasteiger partial charge in [0.05, 0.1) is 28.7 Å². The number of aromatic nitrogens is 4. The fourth-order valence-corrected chi connectivity index (χ4v) is 3.66. The van der Waals surface area contributed by atoms with Crippen LogP contribution in [0.2, 0.25) is 0 Å². The van der Waals surface area contributed by atoms with Crippen molar-refractivity contribution >= 4 is 16.7 Å². The summed E-state index contributed by atoms with van der Waals surface area (Å²) < 4.78 is 2.00. The Bertz CT molecular complexity index is 1050. The lowest BCUT2D eigenvalue weighted by Crippen LogP contribution is -2.52. The zero-order valence-electron chi connectivity index (χ0n) is 15.1. The van der Waals surface area contributed by atoms with Crippen LogP contribution in [0, 0.1) is 13.8 Å². The van der Waals surface area contributed by atoms with Crippen LogP contribution in [0.15, 0.2) is 35.1 Å². The van der Waals surface area contributed by atoms with Gasteiger partial charge in [-0.15, -0.1) is 0 Å². The van der Waals surface area contributed by atoms with Crippen LogP contribution in [0.3, 0.4) is 0 Å². The van der Waals surface area contributed by atoms with E-state index in [-0.39, 0.29) is 17.5 Å². The van der Waals surface area contributed by atoms with E-state index in [1.165, 1.54) is 0 Å². The summed E-state index contributed by atoms with van der Waals surface area (Å²) in [7, 11) is 0. The smallest absolute Gasteiger partial charge is 0.272 e. The van der Waals surface area contributed by atoms with Crippen molar-refractivity contribution < 1.29 is 4.79 Å². The van der Waals surface area contributed by atoms with Crippen LogP contribution in [0.5, 0.6) is 0 Å². The Kier molecular flexibility index (Phi) is 3.86. The highest BCUT2D eigenvalue weighted by molar-refractivity contribution is 5.91. The predicted octanol–water partition coefficient (Wildman–Crippen LogP) is 1.92. The van der Waals surface area contributed by atoms with E-state index in [1.54, 1.807) is 6.07 Å². The molecule has 3 aromatic rings. The number of aryl methyl sites for hydroxylation is 2. The molecule has 2 aromatic heterocycles. The molecule has 134 valence electrons. The number of H-pyrrole nitrogens is 1. The molecule has 3 heterocycles. The molecule has 0 spiro atoms. The second-order valence-corrected chi connectivity index (χ2v) is 6.97. The van der Waals surface area contributed by atoms with E-state index in [0.29, 0.717) is 24.2 Å². The van der Waals surface area contributed by atoms with Gasteiger partial charge in [-0.05, 0) is 32.9 Å². The molecule has 1 aromatic carbocycles. The van der Waals surface area contributed by atoms with Crippen LogP contribution in [0.25, 0.3) is 10.8 Å². The zero-order valence-corrected chi connectivity index (χ0v) is 15.1. The van der Waals surface area contributed by atoms with Crippen molar-refractivity contribution in [3.05, 3.63) is 57.8 Å². The highest BCUT2D eigenvalue weighted by atomic mass is 16.2. The number of nitrogens with zero attached hydrogens (tertiary/aromatic N) is 4. The Hall–Kier alpha value is -2.96. The Morgan fingerprint density at radius 3 is 2.58 bits per heavy atom. The minimum Gasteiger partial charge on any atom is -0.338 e. The second kappa shape index (κ2) is 6.09. The molecule has 1 aliphatic heterocycles. The van der Waals surface area contributed by atoms with E-state index in [1.807, 2.05) is 54.6 Å². The Morgan fingerprint density at radius 2 is 1.92 bits per heavy atom. The molecule has 7 nitrogen and oxygen atoms in total. The third kappa shape index (κ3) is 2.60. The van der Waals surface area contributed by atoms with Crippen LogP contribution in [-0.2, 0) is 4.79 Å². The minimum atomic E-state index is -0.418. The Labute approximate surface area is 150 Å². The lowest BCUT2D eigenvalue weighted by atomic mass is 9.98. The first kappa shape index (κ1) is 16.5. The molecule has 1 N–H and O–H groups in total. The number of fused-ring (bicyclic) bond motifs is 1. The molecule has 1 unspecified atom stereocenters. The van der Waals surface area contributed by atoms with Crippen LogP contribution >= 0.6 is 0 Å². The number of rotatable bonds is 3. The third-order valence-corrected chi connectivity index (χ3v) is 5.07. The molecule has 7 heteroatoms. The molecule has 0 saturated carbocycles. The first-order valence-corrected chi connectivity index (χ1v) is 8.74. The van der Waals surface area contributed by atoms with Crippen LogP contribution in [0.4, 0.5) is 0 Å². The number of hydrogen-bond acceptors (Lipinski definition) is 4. The molecule has 1 fully saturated rings. The maximum atomic E-state index is 12.9. The topological polar surface area (TPSA) is 83.9 Å². The van der Waals surface area contributed by atoms with Gasteiger partial charge in [0, 0.05) is 24.2 Å². The largest absolute Gasteiger partial charge is 0.338 e. The summed E-state index contributed by atoms with van der Waals surface area (Å²) in [6.07, 6.45) is 0. The van der Waals surface area contributed by atoms with Gasteiger partial charge in [-0.2, -0.15) is 10.2 Å². The third-order valence-electron chi connectivity index (χ3n) is 5.07. The van der Waals surface area contributed by atoms with Crippen molar-refractivity contribution in [2.24, 2.45) is 0 Å². The van der Waals surface area contributed by atoms with Crippen LogP contribution in [0.1, 0.15) is 36.0 Å². The average molecular weight is 351 g/mol. The highest BCUT2D eigenvalue weighted by Gasteiger charge is 2.36. The number of carbonyl (C=O) groups is 1. The summed E-state index contributed by atoms with van der Waals surface area (Å²) in [4.78, 5) is 26.6. The predicted molar refractivity (Wildman–Crippen MR) is 98.1 cm³/mol. The number of aromatic amines is 1. The van der Waals surface area contributed by atoms with Crippen molar-refractivity contribution in [1.82, 2.24) is 24.9 Å². The number of hydrogen-bond donors (Lipinski definition) is 1. The zero-order chi connectivity index (χ0) is 18.4. The molecule has 0 bridgehead atoms. The Morgan fingerprint density at radius 1 is 1.23 bits per heavy atom. The quantitative estimate of drug-likeness (QED) is 0.781. The van der Waals surface area contributed by atoms with Crippen LogP contribution in [-0.4, -0.2) is 43.9 Å². The first-order chi connectivity index (χ1) is 12.5. The summed E-state index contributed by atoms with van der Waals surface area (Å²) in [5.74, 6) is -0.398. The molecule has 1 saturated heterocycles. The molecule has 1 amide bonds. The number of amides is 1. The van der Waals surface area contributed by atoms with Crippen molar-refractivity contribution in [1.29, 1.82) is 0 Å². The van der Waals surface area contributed by atoms with Gasteiger partial charge in [-0.3, -0.25) is 14.3 Å². The van der Waals surface area contributed by atoms with E-state index < -0.39 is 5.92 Å². The Balaban J connectivity index is 1.54. The number of benzene rings is 1. The van der Waals surface area contributed by atoms with Crippen molar-refractivity contribution in [3.8, 4) is 0 Å². The van der Waals surface area contributed by atoms with Crippen molar-refractivity contribution in [2.45, 2.75) is 32.7 Å². The second-order valence-electron chi connectivity index (χ2n) is 6.97. The summed E-state index contributed by atoms with van der Waals surface area (Å²) >= 11 is 0. The van der Waals surface area contributed by atoms with Gasteiger partial charge >= 0.3 is 0 Å². The molecule has 0 aliphatic carbocycles. The van der Waals surface area contributed by atoms with Gasteiger partial charge in [-0.1, -0.05) is 18.2 Å². The number of nitrogens with one attached hydrogen (secondary N) is 1. The van der Waals surface area contributed by atoms with Crippen molar-refractivity contribution in [3.63, 3.8) is 0 Å². The molecule has 1 aliphatic rings. The van der Waals surface area contributed by atoms with Gasteiger partial charge in [0.15, 0.2) is 0 Å². The summed E-state index contributed by atoms with van der Waals surface area (Å²) in [6.45, 7) is 7.13. The summed E-state index contributed by atoms with van der Waals surface area (Å²) in [5, 5.41) is 12.5. The van der Waals surface area contributed by atoms with Gasteiger partial charge < -0.3 is 4.90 Å². The molecule has 1 atom stereocenters. The molecular formula is C19H21N5O2.